The molecule has 0 saturated heterocycles. The van der Waals surface area contributed by atoms with Crippen LogP contribution in [0.15, 0.2) is 36.9 Å². The van der Waals surface area contributed by atoms with Gasteiger partial charge in [0.1, 0.15) is 18.4 Å². The highest BCUT2D eigenvalue weighted by Gasteiger charge is 2.25. The average Bonchev–Trinajstić information content (AvgIpc) is 2.49. The molecule has 0 aliphatic heterocycles. The Morgan fingerprint density at radius 3 is 2.48 bits per heavy atom. The minimum atomic E-state index is -1.02. The van der Waals surface area contributed by atoms with E-state index >= 15 is 0 Å². The van der Waals surface area contributed by atoms with Crippen LogP contribution in [0.2, 0.25) is 0 Å². The first-order valence-electron chi connectivity index (χ1n) is 6.87. The minimum absolute atomic E-state index is 0.137. The van der Waals surface area contributed by atoms with Crippen molar-refractivity contribution in [1.82, 2.24) is 5.32 Å². The standard InChI is InChI=1S/C16H21NO4/c1-4-10-21-13-8-6-12(7-9-13)15(18)17-14(16(19)20)11(3)5-2/h4,6-9,11,14H,1,5,10H2,2-3H3,(H,17,18)(H,19,20). The summed E-state index contributed by atoms with van der Waals surface area (Å²) in [5, 5.41) is 11.7. The van der Waals surface area contributed by atoms with Crippen LogP contribution < -0.4 is 10.1 Å². The molecular formula is C16H21NO4. The number of amides is 1. The molecule has 0 aliphatic carbocycles. The molecule has 0 fully saturated rings. The highest BCUT2D eigenvalue weighted by atomic mass is 16.5. The molecule has 0 bridgehead atoms. The number of carboxylic acids is 1. The van der Waals surface area contributed by atoms with E-state index < -0.39 is 17.9 Å². The summed E-state index contributed by atoms with van der Waals surface area (Å²) in [6, 6.07) is 5.64. The Hall–Kier alpha value is -2.30. The molecule has 2 N–H and O–H groups in total. The van der Waals surface area contributed by atoms with Gasteiger partial charge in [0.15, 0.2) is 0 Å². The monoisotopic (exact) mass is 291 g/mol. The highest BCUT2D eigenvalue weighted by Crippen LogP contribution is 2.13. The second-order valence-electron chi connectivity index (χ2n) is 4.80. The Morgan fingerprint density at radius 2 is 2.00 bits per heavy atom. The van der Waals surface area contributed by atoms with E-state index in [0.29, 0.717) is 24.3 Å². The molecule has 5 nitrogen and oxygen atoms in total. The van der Waals surface area contributed by atoms with Crippen LogP contribution in [0.4, 0.5) is 0 Å². The topological polar surface area (TPSA) is 75.6 Å². The van der Waals surface area contributed by atoms with Crippen molar-refractivity contribution >= 4 is 11.9 Å². The van der Waals surface area contributed by atoms with Crippen molar-refractivity contribution in [2.45, 2.75) is 26.3 Å². The summed E-state index contributed by atoms with van der Waals surface area (Å²) in [7, 11) is 0. The lowest BCUT2D eigenvalue weighted by molar-refractivity contribution is -0.140. The van der Waals surface area contributed by atoms with Gasteiger partial charge in [0, 0.05) is 5.56 Å². The summed E-state index contributed by atoms with van der Waals surface area (Å²) >= 11 is 0. The molecule has 0 spiro atoms. The number of carboxylic acid groups (broad SMARTS) is 1. The van der Waals surface area contributed by atoms with Crippen LogP contribution >= 0.6 is 0 Å². The molecule has 114 valence electrons. The van der Waals surface area contributed by atoms with E-state index in [1.807, 2.05) is 6.92 Å². The molecule has 21 heavy (non-hydrogen) atoms. The van der Waals surface area contributed by atoms with Crippen LogP contribution in [0.5, 0.6) is 5.75 Å². The predicted molar refractivity (Wildman–Crippen MR) is 80.5 cm³/mol. The molecule has 0 heterocycles. The molecule has 5 heteroatoms. The minimum Gasteiger partial charge on any atom is -0.490 e. The van der Waals surface area contributed by atoms with Gasteiger partial charge >= 0.3 is 5.97 Å². The number of hydrogen-bond acceptors (Lipinski definition) is 3. The molecule has 1 amide bonds. The maximum atomic E-state index is 12.1. The van der Waals surface area contributed by atoms with E-state index in [0.717, 1.165) is 0 Å². The summed E-state index contributed by atoms with van der Waals surface area (Å²) in [6.07, 6.45) is 2.30. The lowest BCUT2D eigenvalue weighted by atomic mass is 9.99. The summed E-state index contributed by atoms with van der Waals surface area (Å²) in [6.45, 7) is 7.62. The van der Waals surface area contributed by atoms with Crippen molar-refractivity contribution in [3.8, 4) is 5.75 Å². The van der Waals surface area contributed by atoms with Crippen molar-refractivity contribution in [3.63, 3.8) is 0 Å². The van der Waals surface area contributed by atoms with Crippen LogP contribution in [-0.4, -0.2) is 29.6 Å². The van der Waals surface area contributed by atoms with Gasteiger partial charge in [-0.05, 0) is 30.2 Å². The zero-order valence-corrected chi connectivity index (χ0v) is 12.3. The van der Waals surface area contributed by atoms with Gasteiger partial charge in [-0.3, -0.25) is 4.79 Å². The molecule has 0 aromatic heterocycles. The lowest BCUT2D eigenvalue weighted by Crippen LogP contribution is -2.45. The van der Waals surface area contributed by atoms with Gasteiger partial charge in [0.25, 0.3) is 5.91 Å². The number of aliphatic carboxylic acids is 1. The largest absolute Gasteiger partial charge is 0.490 e. The first-order valence-corrected chi connectivity index (χ1v) is 6.87. The molecule has 0 saturated carbocycles. The van der Waals surface area contributed by atoms with Crippen LogP contribution in [0.3, 0.4) is 0 Å². The van der Waals surface area contributed by atoms with Gasteiger partial charge in [-0.1, -0.05) is 32.9 Å². The van der Waals surface area contributed by atoms with Crippen molar-refractivity contribution < 1.29 is 19.4 Å². The van der Waals surface area contributed by atoms with Crippen molar-refractivity contribution in [1.29, 1.82) is 0 Å². The number of carbonyl (C=O) groups excluding carboxylic acids is 1. The fraction of sp³-hybridized carbons (Fsp3) is 0.375. The summed E-state index contributed by atoms with van der Waals surface area (Å²) in [5.41, 5.74) is 0.399. The van der Waals surface area contributed by atoms with Crippen molar-refractivity contribution in [2.75, 3.05) is 6.61 Å². The van der Waals surface area contributed by atoms with Gasteiger partial charge in [0.2, 0.25) is 0 Å². The third-order valence-corrected chi connectivity index (χ3v) is 3.25. The fourth-order valence-electron chi connectivity index (χ4n) is 1.77. The number of rotatable bonds is 8. The molecule has 0 aliphatic rings. The highest BCUT2D eigenvalue weighted by molar-refractivity contribution is 5.96. The predicted octanol–water partition coefficient (Wildman–Crippen LogP) is 2.48. The quantitative estimate of drug-likeness (QED) is 0.721. The Labute approximate surface area is 124 Å². The third-order valence-electron chi connectivity index (χ3n) is 3.25. The lowest BCUT2D eigenvalue weighted by Gasteiger charge is -2.20. The van der Waals surface area contributed by atoms with E-state index in [1.54, 1.807) is 37.3 Å². The van der Waals surface area contributed by atoms with E-state index in [2.05, 4.69) is 11.9 Å². The number of carbonyl (C=O) groups is 2. The van der Waals surface area contributed by atoms with Crippen molar-refractivity contribution in [3.05, 3.63) is 42.5 Å². The van der Waals surface area contributed by atoms with Gasteiger partial charge in [-0.15, -0.1) is 0 Å². The Balaban J connectivity index is 2.73. The van der Waals surface area contributed by atoms with E-state index in [9.17, 15) is 9.59 Å². The van der Waals surface area contributed by atoms with Gasteiger partial charge < -0.3 is 15.2 Å². The molecule has 1 rings (SSSR count). The first kappa shape index (κ1) is 16.8. The number of benzene rings is 1. The maximum absolute atomic E-state index is 12.1. The smallest absolute Gasteiger partial charge is 0.326 e. The average molecular weight is 291 g/mol. The summed E-state index contributed by atoms with van der Waals surface area (Å²) < 4.78 is 5.32. The van der Waals surface area contributed by atoms with Crippen LogP contribution in [0.1, 0.15) is 30.6 Å². The second-order valence-corrected chi connectivity index (χ2v) is 4.80. The van der Waals surface area contributed by atoms with E-state index in [-0.39, 0.29) is 5.92 Å². The molecule has 0 radical (unpaired) electrons. The zero-order valence-electron chi connectivity index (χ0n) is 12.3. The zero-order chi connectivity index (χ0) is 15.8. The molecule has 1 aromatic rings. The molecule has 2 unspecified atom stereocenters. The normalized spacial score (nSPS) is 13.0. The Morgan fingerprint density at radius 1 is 1.38 bits per heavy atom. The van der Waals surface area contributed by atoms with Crippen molar-refractivity contribution in [2.24, 2.45) is 5.92 Å². The molecule has 1 aromatic carbocycles. The number of ether oxygens (including phenoxy) is 1. The molecular weight excluding hydrogens is 270 g/mol. The Kier molecular flexibility index (Phi) is 6.46. The van der Waals surface area contributed by atoms with E-state index in [1.165, 1.54) is 0 Å². The first-order chi connectivity index (χ1) is 9.99. The fourth-order valence-corrected chi connectivity index (χ4v) is 1.77. The van der Waals surface area contributed by atoms with Gasteiger partial charge in [-0.25, -0.2) is 4.79 Å². The summed E-state index contributed by atoms with van der Waals surface area (Å²) in [4.78, 5) is 23.3. The molecule has 2 atom stereocenters. The van der Waals surface area contributed by atoms with Gasteiger partial charge in [-0.2, -0.15) is 0 Å². The number of hydrogen-bond donors (Lipinski definition) is 2. The van der Waals surface area contributed by atoms with Crippen LogP contribution in [0.25, 0.3) is 0 Å². The third kappa shape index (κ3) is 4.95. The van der Waals surface area contributed by atoms with E-state index in [4.69, 9.17) is 9.84 Å². The number of nitrogens with one attached hydrogen (secondary N) is 1. The Bertz CT molecular complexity index is 496. The van der Waals surface area contributed by atoms with Crippen LogP contribution in [-0.2, 0) is 4.79 Å². The van der Waals surface area contributed by atoms with Crippen LogP contribution in [0, 0.1) is 5.92 Å². The maximum Gasteiger partial charge on any atom is 0.326 e. The SMILES string of the molecule is C=CCOc1ccc(C(=O)NC(C(=O)O)C(C)CC)cc1. The second kappa shape index (κ2) is 8.09. The van der Waals surface area contributed by atoms with Gasteiger partial charge in [0.05, 0.1) is 0 Å². The summed E-state index contributed by atoms with van der Waals surface area (Å²) in [5.74, 6) is -0.939.